The van der Waals surface area contributed by atoms with E-state index in [-0.39, 0.29) is 11.5 Å². The van der Waals surface area contributed by atoms with Crippen LogP contribution in [0.1, 0.15) is 21.1 Å². The summed E-state index contributed by atoms with van der Waals surface area (Å²) in [6.45, 7) is 0. The fraction of sp³-hybridized carbons (Fsp3) is 0.0769. The molecule has 0 bridgehead atoms. The third-order valence-electron chi connectivity index (χ3n) is 2.53. The number of halogens is 1. The summed E-state index contributed by atoms with van der Waals surface area (Å²) in [5.74, 6) is -2.73. The molecule has 0 aliphatic rings. The van der Waals surface area contributed by atoms with Crippen molar-refractivity contribution in [2.45, 2.75) is 0 Å². The van der Waals surface area contributed by atoms with Gasteiger partial charge in [0.15, 0.2) is 5.76 Å². The zero-order valence-electron chi connectivity index (χ0n) is 9.96. The first-order valence-electron chi connectivity index (χ1n) is 5.36. The van der Waals surface area contributed by atoms with Gasteiger partial charge in [-0.3, -0.25) is 4.79 Å². The molecule has 2 aromatic rings. The molecule has 0 radical (unpaired) electrons. The number of carbonyl (C=O) groups is 2. The monoisotopic (exact) mass is 263 g/mol. The second kappa shape index (κ2) is 4.93. The Bertz CT molecular complexity index is 635. The summed E-state index contributed by atoms with van der Waals surface area (Å²) in [5.41, 5.74) is 0.346. The molecule has 1 amide bonds. The number of carbonyl (C=O) groups excluding carboxylic acids is 1. The molecule has 1 aromatic heterocycles. The van der Waals surface area contributed by atoms with E-state index in [0.717, 1.165) is 0 Å². The number of benzene rings is 1. The quantitative estimate of drug-likeness (QED) is 0.923. The predicted octanol–water partition coefficient (Wildman–Crippen LogP) is 2.39. The molecule has 0 aliphatic carbocycles. The lowest BCUT2D eigenvalue weighted by Crippen LogP contribution is -2.25. The molecule has 0 spiro atoms. The molecular formula is C13H10FNO4. The first-order valence-corrected chi connectivity index (χ1v) is 5.36. The van der Waals surface area contributed by atoms with E-state index in [9.17, 15) is 14.0 Å². The van der Waals surface area contributed by atoms with Gasteiger partial charge in [0, 0.05) is 12.7 Å². The van der Waals surface area contributed by atoms with Gasteiger partial charge >= 0.3 is 5.97 Å². The van der Waals surface area contributed by atoms with E-state index in [1.165, 1.54) is 42.3 Å². The molecule has 0 atom stereocenters. The average Bonchev–Trinajstić information content (AvgIpc) is 2.86. The largest absolute Gasteiger partial charge is 0.475 e. The minimum Gasteiger partial charge on any atom is -0.475 e. The number of hydrogen-bond acceptors (Lipinski definition) is 3. The van der Waals surface area contributed by atoms with E-state index in [1.54, 1.807) is 6.07 Å². The summed E-state index contributed by atoms with van der Waals surface area (Å²) in [4.78, 5) is 23.8. The zero-order chi connectivity index (χ0) is 14.0. The number of nitrogens with zero attached hydrogens (tertiary/aromatic N) is 1. The summed E-state index contributed by atoms with van der Waals surface area (Å²) in [6, 6.07) is 7.94. The first-order chi connectivity index (χ1) is 8.99. The summed E-state index contributed by atoms with van der Waals surface area (Å²) < 4.78 is 18.0. The molecule has 19 heavy (non-hydrogen) atoms. The van der Waals surface area contributed by atoms with Crippen LogP contribution in [0.15, 0.2) is 40.8 Å². The van der Waals surface area contributed by atoms with Crippen molar-refractivity contribution in [2.24, 2.45) is 0 Å². The molecule has 0 fully saturated rings. The van der Waals surface area contributed by atoms with Gasteiger partial charge < -0.3 is 14.4 Å². The molecule has 2 rings (SSSR count). The third kappa shape index (κ3) is 2.62. The summed E-state index contributed by atoms with van der Waals surface area (Å²) in [5, 5.41) is 8.70. The molecule has 1 N–H and O–H groups in total. The van der Waals surface area contributed by atoms with E-state index >= 15 is 0 Å². The lowest BCUT2D eigenvalue weighted by molar-refractivity contribution is 0.0660. The Labute approximate surface area is 107 Å². The Morgan fingerprint density at radius 2 is 1.89 bits per heavy atom. The highest BCUT2D eigenvalue weighted by molar-refractivity contribution is 6.04. The van der Waals surface area contributed by atoms with Crippen molar-refractivity contribution in [1.82, 2.24) is 0 Å². The number of aromatic carboxylic acids is 1. The minimum atomic E-state index is -1.26. The molecule has 0 saturated heterocycles. The number of anilines is 1. The highest BCUT2D eigenvalue weighted by atomic mass is 19.1. The molecule has 1 aromatic carbocycles. The van der Waals surface area contributed by atoms with Gasteiger partial charge in [-0.1, -0.05) is 6.07 Å². The van der Waals surface area contributed by atoms with Crippen molar-refractivity contribution >= 4 is 17.6 Å². The zero-order valence-corrected chi connectivity index (χ0v) is 9.96. The van der Waals surface area contributed by atoms with Gasteiger partial charge in [-0.2, -0.15) is 0 Å². The van der Waals surface area contributed by atoms with E-state index in [1.807, 2.05) is 0 Å². The summed E-state index contributed by atoms with van der Waals surface area (Å²) in [6.07, 6.45) is 0. The number of hydrogen-bond donors (Lipinski definition) is 1. The van der Waals surface area contributed by atoms with Gasteiger partial charge in [0.05, 0.1) is 0 Å². The number of carboxylic acid groups (broad SMARTS) is 1. The summed E-state index contributed by atoms with van der Waals surface area (Å²) in [7, 11) is 1.44. The second-order valence-corrected chi connectivity index (χ2v) is 3.81. The molecule has 5 nitrogen and oxygen atoms in total. The van der Waals surface area contributed by atoms with E-state index in [2.05, 4.69) is 0 Å². The lowest BCUT2D eigenvalue weighted by atomic mass is 10.2. The van der Waals surface area contributed by atoms with Gasteiger partial charge in [0.2, 0.25) is 5.76 Å². The van der Waals surface area contributed by atoms with E-state index < -0.39 is 17.7 Å². The van der Waals surface area contributed by atoms with Crippen molar-refractivity contribution in [3.63, 3.8) is 0 Å². The SMILES string of the molecule is CN(C(=O)c1ccc(C(=O)O)o1)c1cccc(F)c1. The van der Waals surface area contributed by atoms with Gasteiger partial charge in [-0.15, -0.1) is 0 Å². The average molecular weight is 263 g/mol. The van der Waals surface area contributed by atoms with E-state index in [4.69, 9.17) is 9.52 Å². The minimum absolute atomic E-state index is 0.121. The van der Waals surface area contributed by atoms with Crippen LogP contribution in [-0.2, 0) is 0 Å². The number of carboxylic acids is 1. The topological polar surface area (TPSA) is 70.8 Å². The van der Waals surface area contributed by atoms with Gasteiger partial charge in [-0.25, -0.2) is 9.18 Å². The number of furan rings is 1. The fourth-order valence-corrected chi connectivity index (χ4v) is 1.54. The maximum Gasteiger partial charge on any atom is 0.371 e. The van der Waals surface area contributed by atoms with Crippen molar-refractivity contribution in [3.05, 3.63) is 53.7 Å². The standard InChI is InChI=1S/C13H10FNO4/c1-15(9-4-2-3-8(14)7-9)12(16)10-5-6-11(19-10)13(17)18/h2-7H,1H3,(H,17,18). The molecule has 0 saturated carbocycles. The van der Waals surface area contributed by atoms with Crippen molar-refractivity contribution < 1.29 is 23.5 Å². The van der Waals surface area contributed by atoms with Crippen LogP contribution in [0.3, 0.4) is 0 Å². The van der Waals surface area contributed by atoms with Gasteiger partial charge in [-0.05, 0) is 30.3 Å². The van der Waals surface area contributed by atoms with Crippen LogP contribution >= 0.6 is 0 Å². The van der Waals surface area contributed by atoms with Crippen LogP contribution in [0, 0.1) is 5.82 Å². The van der Waals surface area contributed by atoms with Gasteiger partial charge in [0.25, 0.3) is 5.91 Å². The van der Waals surface area contributed by atoms with E-state index in [0.29, 0.717) is 5.69 Å². The van der Waals surface area contributed by atoms with Crippen LogP contribution < -0.4 is 4.90 Å². The van der Waals surface area contributed by atoms with Crippen LogP contribution in [0.2, 0.25) is 0 Å². The third-order valence-corrected chi connectivity index (χ3v) is 2.53. The highest BCUT2D eigenvalue weighted by Gasteiger charge is 2.19. The second-order valence-electron chi connectivity index (χ2n) is 3.81. The summed E-state index contributed by atoms with van der Waals surface area (Å²) >= 11 is 0. The lowest BCUT2D eigenvalue weighted by Gasteiger charge is -2.15. The molecule has 0 aliphatic heterocycles. The molecule has 1 heterocycles. The highest BCUT2D eigenvalue weighted by Crippen LogP contribution is 2.18. The van der Waals surface area contributed by atoms with Gasteiger partial charge in [0.1, 0.15) is 5.82 Å². The Hall–Kier alpha value is -2.63. The normalized spacial score (nSPS) is 10.2. The van der Waals surface area contributed by atoms with Crippen molar-refractivity contribution in [3.8, 4) is 0 Å². The van der Waals surface area contributed by atoms with Crippen LogP contribution in [0.25, 0.3) is 0 Å². The Balaban J connectivity index is 2.25. The molecule has 0 unspecified atom stereocenters. The predicted molar refractivity (Wildman–Crippen MR) is 64.8 cm³/mol. The molecular weight excluding hydrogens is 253 g/mol. The first kappa shape index (κ1) is 12.8. The van der Waals surface area contributed by atoms with Crippen LogP contribution in [0.4, 0.5) is 10.1 Å². The van der Waals surface area contributed by atoms with Crippen LogP contribution in [-0.4, -0.2) is 24.0 Å². The Morgan fingerprint density at radius 1 is 1.21 bits per heavy atom. The van der Waals surface area contributed by atoms with Crippen molar-refractivity contribution in [1.29, 1.82) is 0 Å². The molecule has 98 valence electrons. The Morgan fingerprint density at radius 3 is 2.47 bits per heavy atom. The van der Waals surface area contributed by atoms with Crippen LogP contribution in [0.5, 0.6) is 0 Å². The maximum absolute atomic E-state index is 13.1. The molecule has 6 heteroatoms. The number of amides is 1. The van der Waals surface area contributed by atoms with Crippen molar-refractivity contribution in [2.75, 3.05) is 11.9 Å². The fourth-order valence-electron chi connectivity index (χ4n) is 1.54. The number of rotatable bonds is 3. The Kier molecular flexibility index (Phi) is 3.33. The maximum atomic E-state index is 13.1. The smallest absolute Gasteiger partial charge is 0.371 e.